The smallest absolute Gasteiger partial charge is 0.335 e. The van der Waals surface area contributed by atoms with Crippen LogP contribution in [0.25, 0.3) is 0 Å². The van der Waals surface area contributed by atoms with Crippen LogP contribution in [0.2, 0.25) is 0 Å². The Balaban J connectivity index is 2.90. The number of anilines is 2. The van der Waals surface area contributed by atoms with Gasteiger partial charge in [0, 0.05) is 0 Å². The topological polar surface area (TPSA) is 118 Å². The summed E-state index contributed by atoms with van der Waals surface area (Å²) in [6, 6.07) is 4.18. The van der Waals surface area contributed by atoms with E-state index in [4.69, 9.17) is 16.6 Å². The summed E-state index contributed by atoms with van der Waals surface area (Å²) in [5, 5.41) is 11.4. The first-order valence-corrected chi connectivity index (χ1v) is 4.15. The molecule has 1 rings (SSSR count). The quantitative estimate of drug-likeness (QED) is 0.515. The normalized spacial score (nSPS) is 9.60. The van der Waals surface area contributed by atoms with Crippen molar-refractivity contribution in [2.45, 2.75) is 0 Å². The lowest BCUT2D eigenvalue weighted by molar-refractivity contribution is -0.116. The van der Waals surface area contributed by atoms with Gasteiger partial charge in [-0.1, -0.05) is 0 Å². The zero-order valence-electron chi connectivity index (χ0n) is 7.86. The van der Waals surface area contributed by atoms with Crippen LogP contribution in [0, 0.1) is 0 Å². The second-order valence-corrected chi connectivity index (χ2v) is 2.93. The lowest BCUT2D eigenvalue weighted by Crippen LogP contribution is -2.22. The number of carboxylic acid groups (broad SMARTS) is 1. The van der Waals surface area contributed by atoms with Crippen molar-refractivity contribution in [3.63, 3.8) is 0 Å². The molecule has 0 saturated heterocycles. The Morgan fingerprint density at radius 3 is 2.60 bits per heavy atom. The molecule has 0 aliphatic heterocycles. The zero-order chi connectivity index (χ0) is 11.4. The van der Waals surface area contributed by atoms with E-state index >= 15 is 0 Å². The molecular weight excluding hydrogens is 198 g/mol. The molecule has 0 aliphatic rings. The van der Waals surface area contributed by atoms with E-state index in [0.29, 0.717) is 11.4 Å². The third kappa shape index (κ3) is 2.87. The molecule has 0 fully saturated rings. The molecule has 0 spiro atoms. The van der Waals surface area contributed by atoms with Crippen molar-refractivity contribution in [1.29, 1.82) is 0 Å². The molecule has 80 valence electrons. The number of nitrogens with two attached hydrogens (primary N) is 2. The van der Waals surface area contributed by atoms with Crippen molar-refractivity contribution in [2.75, 3.05) is 17.6 Å². The number of rotatable bonds is 4. The van der Waals surface area contributed by atoms with Crippen molar-refractivity contribution in [3.05, 3.63) is 23.8 Å². The summed E-state index contributed by atoms with van der Waals surface area (Å²) in [5.74, 6) is -1.60. The Hall–Kier alpha value is -2.24. The van der Waals surface area contributed by atoms with E-state index in [1.165, 1.54) is 18.2 Å². The highest BCUT2D eigenvalue weighted by atomic mass is 16.4. The molecular formula is C9H11N3O3. The van der Waals surface area contributed by atoms with E-state index in [9.17, 15) is 9.59 Å². The van der Waals surface area contributed by atoms with Crippen LogP contribution in [0.1, 0.15) is 10.4 Å². The minimum atomic E-state index is -1.06. The van der Waals surface area contributed by atoms with Gasteiger partial charge in [-0.15, -0.1) is 0 Å². The number of benzene rings is 1. The predicted octanol–water partition coefficient (Wildman–Crippen LogP) is -0.136. The standard InChI is InChI=1S/C9H11N3O3/c10-6-2-1-5(9(14)15)3-7(6)12-4-8(11)13/h1-3,12H,4,10H2,(H2,11,13)(H,14,15). The van der Waals surface area contributed by atoms with Crippen molar-refractivity contribution >= 4 is 23.3 Å². The van der Waals surface area contributed by atoms with Gasteiger partial charge in [-0.3, -0.25) is 4.79 Å². The minimum absolute atomic E-state index is 0.0900. The monoisotopic (exact) mass is 209 g/mol. The van der Waals surface area contributed by atoms with E-state index in [1.807, 2.05) is 0 Å². The number of carboxylic acids is 1. The highest BCUT2D eigenvalue weighted by Gasteiger charge is 2.06. The SMILES string of the molecule is NC(=O)CNc1cc(C(=O)O)ccc1N. The van der Waals surface area contributed by atoms with Crippen LogP contribution in [0.3, 0.4) is 0 Å². The van der Waals surface area contributed by atoms with Gasteiger partial charge >= 0.3 is 5.97 Å². The molecule has 0 aromatic heterocycles. The van der Waals surface area contributed by atoms with Crippen molar-refractivity contribution in [2.24, 2.45) is 5.73 Å². The van der Waals surface area contributed by atoms with Crippen LogP contribution in [0.15, 0.2) is 18.2 Å². The maximum atomic E-state index is 10.6. The van der Waals surface area contributed by atoms with Gasteiger partial charge in [0.05, 0.1) is 23.5 Å². The molecule has 1 amide bonds. The second kappa shape index (κ2) is 4.32. The van der Waals surface area contributed by atoms with Gasteiger partial charge in [-0.25, -0.2) is 4.79 Å². The summed E-state index contributed by atoms with van der Waals surface area (Å²) < 4.78 is 0. The van der Waals surface area contributed by atoms with Crippen molar-refractivity contribution in [3.8, 4) is 0 Å². The molecule has 0 heterocycles. The Morgan fingerprint density at radius 2 is 2.07 bits per heavy atom. The van der Waals surface area contributed by atoms with Gasteiger partial charge in [-0.2, -0.15) is 0 Å². The molecule has 15 heavy (non-hydrogen) atoms. The fraction of sp³-hybridized carbons (Fsp3) is 0.111. The number of nitrogen functional groups attached to an aromatic ring is 1. The first-order chi connectivity index (χ1) is 7.00. The Bertz CT molecular complexity index is 404. The summed E-state index contributed by atoms with van der Waals surface area (Å²) in [7, 11) is 0. The molecule has 0 atom stereocenters. The average Bonchev–Trinajstić information content (AvgIpc) is 2.16. The van der Waals surface area contributed by atoms with E-state index in [0.717, 1.165) is 0 Å². The minimum Gasteiger partial charge on any atom is -0.478 e. The van der Waals surface area contributed by atoms with E-state index in [2.05, 4.69) is 5.32 Å². The van der Waals surface area contributed by atoms with Crippen LogP contribution >= 0.6 is 0 Å². The Kier molecular flexibility index (Phi) is 3.12. The number of hydrogen-bond donors (Lipinski definition) is 4. The van der Waals surface area contributed by atoms with E-state index in [-0.39, 0.29) is 12.1 Å². The molecule has 1 aromatic rings. The maximum Gasteiger partial charge on any atom is 0.335 e. The third-order valence-electron chi connectivity index (χ3n) is 1.75. The first kappa shape index (κ1) is 10.8. The lowest BCUT2D eigenvalue weighted by Gasteiger charge is -2.08. The molecule has 0 bridgehead atoms. The van der Waals surface area contributed by atoms with Crippen LogP contribution in [0.4, 0.5) is 11.4 Å². The largest absolute Gasteiger partial charge is 0.478 e. The maximum absolute atomic E-state index is 10.6. The average molecular weight is 209 g/mol. The van der Waals surface area contributed by atoms with Crippen LogP contribution < -0.4 is 16.8 Å². The summed E-state index contributed by atoms with van der Waals surface area (Å²) >= 11 is 0. The van der Waals surface area contributed by atoms with Crippen molar-refractivity contribution < 1.29 is 14.7 Å². The first-order valence-electron chi connectivity index (χ1n) is 4.15. The second-order valence-electron chi connectivity index (χ2n) is 2.93. The van der Waals surface area contributed by atoms with Crippen molar-refractivity contribution in [1.82, 2.24) is 0 Å². The Morgan fingerprint density at radius 1 is 1.40 bits per heavy atom. The van der Waals surface area contributed by atoms with Gasteiger partial charge in [0.15, 0.2) is 0 Å². The molecule has 0 aliphatic carbocycles. The highest BCUT2D eigenvalue weighted by molar-refractivity contribution is 5.91. The Labute approximate surface area is 85.9 Å². The third-order valence-corrected chi connectivity index (χ3v) is 1.75. The fourth-order valence-electron chi connectivity index (χ4n) is 1.02. The van der Waals surface area contributed by atoms with E-state index in [1.54, 1.807) is 0 Å². The number of hydrogen-bond acceptors (Lipinski definition) is 4. The van der Waals surface area contributed by atoms with Gasteiger partial charge in [0.25, 0.3) is 0 Å². The number of primary amides is 1. The number of carbonyl (C=O) groups is 2. The molecule has 6 N–H and O–H groups in total. The molecule has 0 saturated carbocycles. The molecule has 6 nitrogen and oxygen atoms in total. The zero-order valence-corrected chi connectivity index (χ0v) is 7.86. The predicted molar refractivity (Wildman–Crippen MR) is 55.5 cm³/mol. The number of aromatic carboxylic acids is 1. The van der Waals surface area contributed by atoms with Crippen LogP contribution in [-0.4, -0.2) is 23.5 Å². The highest BCUT2D eigenvalue weighted by Crippen LogP contribution is 2.19. The number of nitrogens with one attached hydrogen (secondary N) is 1. The van der Waals surface area contributed by atoms with Gasteiger partial charge < -0.3 is 21.9 Å². The number of amides is 1. The molecule has 6 heteroatoms. The summed E-state index contributed by atoms with van der Waals surface area (Å²) in [6.45, 7) is -0.0900. The number of carbonyl (C=O) groups excluding carboxylic acids is 1. The molecule has 1 aromatic carbocycles. The van der Waals surface area contributed by atoms with Gasteiger partial charge in [0.2, 0.25) is 5.91 Å². The summed E-state index contributed by atoms with van der Waals surface area (Å²) in [6.07, 6.45) is 0. The fourth-order valence-corrected chi connectivity index (χ4v) is 1.02. The van der Waals surface area contributed by atoms with Crippen LogP contribution in [0.5, 0.6) is 0 Å². The summed E-state index contributed by atoms with van der Waals surface area (Å²) in [4.78, 5) is 21.1. The lowest BCUT2D eigenvalue weighted by atomic mass is 10.1. The summed E-state index contributed by atoms with van der Waals surface area (Å²) in [5.41, 5.74) is 11.3. The van der Waals surface area contributed by atoms with Gasteiger partial charge in [-0.05, 0) is 18.2 Å². The molecule has 0 unspecified atom stereocenters. The van der Waals surface area contributed by atoms with Crippen LogP contribution in [-0.2, 0) is 4.79 Å². The van der Waals surface area contributed by atoms with E-state index < -0.39 is 11.9 Å². The van der Waals surface area contributed by atoms with Gasteiger partial charge in [0.1, 0.15) is 0 Å². The molecule has 0 radical (unpaired) electrons.